The van der Waals surface area contributed by atoms with Crippen molar-refractivity contribution in [1.29, 1.82) is 0 Å². The molecule has 0 aromatic heterocycles. The van der Waals surface area contributed by atoms with Crippen molar-refractivity contribution >= 4 is 6.03 Å². The van der Waals surface area contributed by atoms with E-state index in [0.717, 1.165) is 5.56 Å². The number of hydrogen-bond acceptors (Lipinski definition) is 3. The zero-order valence-corrected chi connectivity index (χ0v) is 14.0. The minimum Gasteiger partial charge on any atom is -0.493 e. The predicted octanol–water partition coefficient (Wildman–Crippen LogP) is 3.04. The number of methoxy groups -OCH3 is 2. The van der Waals surface area contributed by atoms with Gasteiger partial charge in [-0.3, -0.25) is 0 Å². The van der Waals surface area contributed by atoms with Crippen molar-refractivity contribution in [2.24, 2.45) is 0 Å². The van der Waals surface area contributed by atoms with Crippen LogP contribution in [-0.4, -0.2) is 25.8 Å². The van der Waals surface area contributed by atoms with Crippen molar-refractivity contribution in [1.82, 2.24) is 10.6 Å². The molecule has 118 valence electrons. The molecule has 0 saturated heterocycles. The van der Waals surface area contributed by atoms with Crippen LogP contribution >= 0.6 is 0 Å². The van der Waals surface area contributed by atoms with Crippen molar-refractivity contribution < 1.29 is 14.3 Å². The number of urea groups is 1. The Kier molecular flexibility index (Phi) is 5.10. The molecular formula is C16H26N2O3. The van der Waals surface area contributed by atoms with Crippen molar-refractivity contribution in [3.63, 3.8) is 0 Å². The molecule has 0 saturated carbocycles. The van der Waals surface area contributed by atoms with Crippen molar-refractivity contribution in [2.45, 2.75) is 45.7 Å². The Morgan fingerprint density at radius 2 is 1.52 bits per heavy atom. The fourth-order valence-corrected chi connectivity index (χ4v) is 1.95. The molecule has 1 aromatic carbocycles. The Hall–Kier alpha value is -1.91. The molecule has 5 heteroatoms. The highest BCUT2D eigenvalue weighted by Crippen LogP contribution is 2.32. The largest absolute Gasteiger partial charge is 0.493 e. The molecule has 0 aliphatic carbocycles. The summed E-state index contributed by atoms with van der Waals surface area (Å²) < 4.78 is 10.5. The zero-order valence-electron chi connectivity index (χ0n) is 14.0. The van der Waals surface area contributed by atoms with E-state index in [1.54, 1.807) is 14.2 Å². The van der Waals surface area contributed by atoms with Gasteiger partial charge in [-0.05, 0) is 52.3 Å². The highest BCUT2D eigenvalue weighted by molar-refractivity contribution is 5.75. The van der Waals surface area contributed by atoms with Gasteiger partial charge in [0.2, 0.25) is 0 Å². The van der Waals surface area contributed by atoms with Crippen molar-refractivity contribution in [2.75, 3.05) is 14.2 Å². The van der Waals surface area contributed by atoms with E-state index in [9.17, 15) is 4.79 Å². The molecule has 21 heavy (non-hydrogen) atoms. The predicted molar refractivity (Wildman–Crippen MR) is 84.0 cm³/mol. The lowest BCUT2D eigenvalue weighted by Gasteiger charge is -2.30. The maximum Gasteiger partial charge on any atom is 0.315 e. The second-order valence-electron chi connectivity index (χ2n) is 6.52. The van der Waals surface area contributed by atoms with Gasteiger partial charge < -0.3 is 20.1 Å². The highest BCUT2D eigenvalue weighted by atomic mass is 16.5. The smallest absolute Gasteiger partial charge is 0.315 e. The molecule has 0 bridgehead atoms. The standard InChI is InChI=1S/C16H26N2O3/c1-15(2,3)17-14(19)18-16(4,5)11-8-9-12(20-6)13(10-11)21-7/h8-10H,1-7H3,(H2,17,18,19). The Morgan fingerprint density at radius 3 is 2.00 bits per heavy atom. The van der Waals surface area contributed by atoms with E-state index in [0.29, 0.717) is 11.5 Å². The molecule has 1 aromatic rings. The van der Waals surface area contributed by atoms with Crippen LogP contribution in [0.25, 0.3) is 0 Å². The van der Waals surface area contributed by atoms with Crippen LogP contribution in [0.1, 0.15) is 40.2 Å². The summed E-state index contributed by atoms with van der Waals surface area (Å²) in [7, 11) is 3.19. The molecule has 1 rings (SSSR count). The molecule has 2 N–H and O–H groups in total. The lowest BCUT2D eigenvalue weighted by molar-refractivity contribution is 0.221. The molecule has 0 spiro atoms. The van der Waals surface area contributed by atoms with Gasteiger partial charge in [0.15, 0.2) is 11.5 Å². The summed E-state index contributed by atoms with van der Waals surface area (Å²) in [5, 5.41) is 5.86. The average Bonchev–Trinajstić information content (AvgIpc) is 2.34. The third-order valence-corrected chi connectivity index (χ3v) is 3.02. The van der Waals surface area contributed by atoms with E-state index >= 15 is 0 Å². The highest BCUT2D eigenvalue weighted by Gasteiger charge is 2.25. The Balaban J connectivity index is 2.94. The van der Waals surface area contributed by atoms with Crippen LogP contribution in [0.15, 0.2) is 18.2 Å². The SMILES string of the molecule is COc1ccc(C(C)(C)NC(=O)NC(C)(C)C)cc1OC. The molecule has 2 amide bonds. The van der Waals surface area contributed by atoms with E-state index in [-0.39, 0.29) is 11.6 Å². The number of carbonyl (C=O) groups is 1. The van der Waals surface area contributed by atoms with Gasteiger partial charge in [-0.2, -0.15) is 0 Å². The number of ether oxygens (including phenoxy) is 2. The van der Waals surface area contributed by atoms with Crippen molar-refractivity contribution in [3.05, 3.63) is 23.8 Å². The van der Waals surface area contributed by atoms with Gasteiger partial charge in [-0.15, -0.1) is 0 Å². The summed E-state index contributed by atoms with van der Waals surface area (Å²) in [5.74, 6) is 1.30. The second kappa shape index (κ2) is 6.24. The normalized spacial score (nSPS) is 11.8. The third kappa shape index (κ3) is 4.85. The maximum atomic E-state index is 12.0. The Labute approximate surface area is 127 Å². The topological polar surface area (TPSA) is 59.6 Å². The molecule has 0 aliphatic rings. The summed E-state index contributed by atoms with van der Waals surface area (Å²) in [6, 6.07) is 5.41. The number of amides is 2. The van der Waals surface area contributed by atoms with Gasteiger partial charge >= 0.3 is 6.03 Å². The minimum absolute atomic E-state index is 0.206. The number of rotatable bonds is 4. The van der Waals surface area contributed by atoms with Gasteiger partial charge in [0.1, 0.15) is 0 Å². The number of hydrogen-bond donors (Lipinski definition) is 2. The summed E-state index contributed by atoms with van der Waals surface area (Å²) in [6.07, 6.45) is 0. The van der Waals surface area contributed by atoms with Gasteiger partial charge in [0.25, 0.3) is 0 Å². The van der Waals surface area contributed by atoms with Gasteiger partial charge in [-0.25, -0.2) is 4.79 Å². The van der Waals surface area contributed by atoms with E-state index < -0.39 is 5.54 Å². The maximum absolute atomic E-state index is 12.0. The second-order valence-corrected chi connectivity index (χ2v) is 6.52. The lowest BCUT2D eigenvalue weighted by Crippen LogP contribution is -2.52. The molecule has 0 unspecified atom stereocenters. The van der Waals surface area contributed by atoms with E-state index in [2.05, 4.69) is 10.6 Å². The zero-order chi connectivity index (χ0) is 16.3. The van der Waals surface area contributed by atoms with E-state index in [1.807, 2.05) is 52.8 Å². The van der Waals surface area contributed by atoms with Gasteiger partial charge in [-0.1, -0.05) is 6.07 Å². The molecule has 5 nitrogen and oxygen atoms in total. The van der Waals surface area contributed by atoms with Gasteiger partial charge in [0, 0.05) is 5.54 Å². The molecule has 0 aliphatic heterocycles. The van der Waals surface area contributed by atoms with Crippen LogP contribution in [-0.2, 0) is 5.54 Å². The van der Waals surface area contributed by atoms with Crippen molar-refractivity contribution in [3.8, 4) is 11.5 Å². The van der Waals surface area contributed by atoms with Crippen LogP contribution in [0.5, 0.6) is 11.5 Å². The Morgan fingerprint density at radius 1 is 0.952 bits per heavy atom. The first-order chi connectivity index (χ1) is 9.59. The van der Waals surface area contributed by atoms with E-state index in [1.165, 1.54) is 0 Å². The van der Waals surface area contributed by atoms with Crippen LogP contribution in [0.2, 0.25) is 0 Å². The lowest BCUT2D eigenvalue weighted by atomic mass is 9.94. The van der Waals surface area contributed by atoms with E-state index in [4.69, 9.17) is 9.47 Å². The molecular weight excluding hydrogens is 268 g/mol. The molecule has 0 radical (unpaired) electrons. The monoisotopic (exact) mass is 294 g/mol. The summed E-state index contributed by atoms with van der Waals surface area (Å²) in [5.41, 5.74) is 0.122. The summed E-state index contributed by atoms with van der Waals surface area (Å²) in [6.45, 7) is 9.70. The number of carbonyl (C=O) groups excluding carboxylic acids is 1. The minimum atomic E-state index is -0.533. The summed E-state index contributed by atoms with van der Waals surface area (Å²) >= 11 is 0. The first-order valence-corrected chi connectivity index (χ1v) is 6.92. The number of benzene rings is 1. The fourth-order valence-electron chi connectivity index (χ4n) is 1.95. The first-order valence-electron chi connectivity index (χ1n) is 6.92. The third-order valence-electron chi connectivity index (χ3n) is 3.02. The first kappa shape index (κ1) is 17.1. The quantitative estimate of drug-likeness (QED) is 0.897. The van der Waals surface area contributed by atoms with Crippen LogP contribution in [0.4, 0.5) is 4.79 Å². The number of nitrogens with one attached hydrogen (secondary N) is 2. The summed E-state index contributed by atoms with van der Waals surface area (Å²) in [4.78, 5) is 12.0. The van der Waals surface area contributed by atoms with Crippen LogP contribution in [0, 0.1) is 0 Å². The Bertz CT molecular complexity index is 505. The fraction of sp³-hybridized carbons (Fsp3) is 0.562. The molecule has 0 heterocycles. The van der Waals surface area contributed by atoms with Gasteiger partial charge in [0.05, 0.1) is 19.8 Å². The average molecular weight is 294 g/mol. The molecule has 0 atom stereocenters. The van der Waals surface area contributed by atoms with Crippen LogP contribution < -0.4 is 20.1 Å². The molecule has 0 fully saturated rings. The van der Waals surface area contributed by atoms with Crippen LogP contribution in [0.3, 0.4) is 0 Å².